The molecule has 0 spiro atoms. The molecule has 0 aliphatic rings. The molecular weight excluding hydrogens is 356 g/mol. The van der Waals surface area contributed by atoms with Crippen LogP contribution in [0, 0.1) is 0 Å². The number of hydrogen-bond acceptors (Lipinski definition) is 4. The molecule has 0 aliphatic heterocycles. The van der Waals surface area contributed by atoms with Gasteiger partial charge in [-0.15, -0.1) is 0 Å². The topological polar surface area (TPSA) is 92.4 Å². The molecule has 2 aromatic carbocycles. The number of phenols is 1. The predicted octanol–water partition coefficient (Wildman–Crippen LogP) is 2.98. The van der Waals surface area contributed by atoms with Gasteiger partial charge >= 0.3 is 0 Å². The van der Waals surface area contributed by atoms with Crippen molar-refractivity contribution in [2.45, 2.75) is 17.9 Å². The highest BCUT2D eigenvalue weighted by Crippen LogP contribution is 2.31. The number of rotatable bonds is 4. The lowest BCUT2D eigenvalue weighted by Gasteiger charge is -2.18. The maximum atomic E-state index is 11.3. The SMILES string of the molecule is CC(Nc1ccc(S(N)(=O)=O)cc1Br)c1ccccc1O. The van der Waals surface area contributed by atoms with E-state index in [9.17, 15) is 13.5 Å². The van der Waals surface area contributed by atoms with Crippen LogP contribution in [0.4, 0.5) is 5.69 Å². The molecule has 0 aromatic heterocycles. The summed E-state index contributed by atoms with van der Waals surface area (Å²) >= 11 is 3.31. The van der Waals surface area contributed by atoms with Crippen LogP contribution in [0.2, 0.25) is 0 Å². The summed E-state index contributed by atoms with van der Waals surface area (Å²) in [5.74, 6) is 0.203. The molecule has 0 amide bonds. The van der Waals surface area contributed by atoms with E-state index in [1.54, 1.807) is 18.2 Å². The van der Waals surface area contributed by atoms with Gasteiger partial charge in [0.25, 0.3) is 0 Å². The first kappa shape index (κ1) is 15.8. The molecule has 0 aliphatic carbocycles. The molecule has 0 fully saturated rings. The number of sulfonamides is 1. The van der Waals surface area contributed by atoms with Gasteiger partial charge in [-0.05, 0) is 47.1 Å². The molecule has 2 rings (SSSR count). The quantitative estimate of drug-likeness (QED) is 0.771. The van der Waals surface area contributed by atoms with Crippen LogP contribution >= 0.6 is 15.9 Å². The summed E-state index contributed by atoms with van der Waals surface area (Å²) in [6.45, 7) is 1.90. The molecule has 4 N–H and O–H groups in total. The monoisotopic (exact) mass is 370 g/mol. The van der Waals surface area contributed by atoms with Gasteiger partial charge in [0.1, 0.15) is 5.75 Å². The predicted molar refractivity (Wildman–Crippen MR) is 85.7 cm³/mol. The van der Waals surface area contributed by atoms with Crippen LogP contribution in [-0.4, -0.2) is 13.5 Å². The number of anilines is 1. The van der Waals surface area contributed by atoms with Gasteiger partial charge in [-0.2, -0.15) is 0 Å². The van der Waals surface area contributed by atoms with Crippen molar-refractivity contribution >= 4 is 31.6 Å². The molecule has 5 nitrogen and oxygen atoms in total. The zero-order chi connectivity index (χ0) is 15.6. The highest BCUT2D eigenvalue weighted by atomic mass is 79.9. The first-order chi connectivity index (χ1) is 9.79. The molecule has 0 saturated carbocycles. The van der Waals surface area contributed by atoms with Crippen molar-refractivity contribution in [2.24, 2.45) is 5.14 Å². The van der Waals surface area contributed by atoms with Crippen LogP contribution in [0.3, 0.4) is 0 Å². The molecule has 0 bridgehead atoms. The average Bonchev–Trinajstić information content (AvgIpc) is 2.40. The summed E-state index contributed by atoms with van der Waals surface area (Å²) in [4.78, 5) is 0.0372. The van der Waals surface area contributed by atoms with Gasteiger partial charge < -0.3 is 10.4 Å². The smallest absolute Gasteiger partial charge is 0.238 e. The number of aromatic hydroxyl groups is 1. The van der Waals surface area contributed by atoms with Crippen molar-refractivity contribution in [1.29, 1.82) is 0 Å². The molecule has 2 aromatic rings. The van der Waals surface area contributed by atoms with Crippen molar-refractivity contribution < 1.29 is 13.5 Å². The summed E-state index contributed by atoms with van der Waals surface area (Å²) in [7, 11) is -3.73. The zero-order valence-corrected chi connectivity index (χ0v) is 13.6. The minimum atomic E-state index is -3.73. The van der Waals surface area contributed by atoms with Crippen LogP contribution < -0.4 is 10.5 Å². The maximum Gasteiger partial charge on any atom is 0.238 e. The second kappa shape index (κ2) is 6.05. The van der Waals surface area contributed by atoms with E-state index in [0.717, 1.165) is 5.56 Å². The Hall–Kier alpha value is -1.57. The van der Waals surface area contributed by atoms with E-state index in [4.69, 9.17) is 5.14 Å². The second-order valence-electron chi connectivity index (χ2n) is 4.61. The molecule has 21 heavy (non-hydrogen) atoms. The van der Waals surface area contributed by atoms with Crippen LogP contribution in [0.15, 0.2) is 51.8 Å². The van der Waals surface area contributed by atoms with Gasteiger partial charge in [-0.25, -0.2) is 13.6 Å². The van der Waals surface area contributed by atoms with E-state index in [0.29, 0.717) is 10.2 Å². The van der Waals surface area contributed by atoms with Crippen molar-refractivity contribution in [3.05, 3.63) is 52.5 Å². The number of halogens is 1. The molecule has 1 atom stereocenters. The standard InChI is InChI=1S/C14H15BrN2O3S/c1-9(11-4-2-3-5-14(11)18)17-13-7-6-10(8-12(13)15)21(16,19)20/h2-9,17-18H,1H3,(H2,16,19,20). The fourth-order valence-corrected chi connectivity index (χ4v) is 3.14. The summed E-state index contributed by atoms with van der Waals surface area (Å²) in [6, 6.07) is 11.4. The third-order valence-corrected chi connectivity index (χ3v) is 4.61. The minimum Gasteiger partial charge on any atom is -0.508 e. The Labute approximate surface area is 132 Å². The van der Waals surface area contributed by atoms with Crippen molar-refractivity contribution in [2.75, 3.05) is 5.32 Å². The number of benzene rings is 2. The van der Waals surface area contributed by atoms with Crippen LogP contribution in [0.25, 0.3) is 0 Å². The fourth-order valence-electron chi connectivity index (χ4n) is 1.95. The highest BCUT2D eigenvalue weighted by Gasteiger charge is 2.13. The maximum absolute atomic E-state index is 11.3. The number of hydrogen-bond donors (Lipinski definition) is 3. The average molecular weight is 371 g/mol. The summed E-state index contributed by atoms with van der Waals surface area (Å²) in [6.07, 6.45) is 0. The molecule has 112 valence electrons. The number of phenolic OH excluding ortho intramolecular Hbond substituents is 1. The Morgan fingerprint density at radius 2 is 1.90 bits per heavy atom. The van der Waals surface area contributed by atoms with Gasteiger partial charge in [0, 0.05) is 15.7 Å². The van der Waals surface area contributed by atoms with Crippen molar-refractivity contribution in [1.82, 2.24) is 0 Å². The Morgan fingerprint density at radius 1 is 1.24 bits per heavy atom. The Bertz CT molecular complexity index is 763. The Kier molecular flexibility index (Phi) is 4.55. The largest absolute Gasteiger partial charge is 0.508 e. The van der Waals surface area contributed by atoms with Crippen LogP contribution in [0.5, 0.6) is 5.75 Å². The molecular formula is C14H15BrN2O3S. The lowest BCUT2D eigenvalue weighted by molar-refractivity contribution is 0.465. The van der Waals surface area contributed by atoms with E-state index in [-0.39, 0.29) is 16.7 Å². The van der Waals surface area contributed by atoms with Gasteiger partial charge in [-0.1, -0.05) is 18.2 Å². The molecule has 7 heteroatoms. The van der Waals surface area contributed by atoms with E-state index in [1.807, 2.05) is 19.1 Å². The van der Waals surface area contributed by atoms with E-state index < -0.39 is 10.0 Å². The lowest BCUT2D eigenvalue weighted by Crippen LogP contribution is -2.13. The number of para-hydroxylation sites is 1. The first-order valence-corrected chi connectivity index (χ1v) is 8.50. The van der Waals surface area contributed by atoms with E-state index in [2.05, 4.69) is 21.2 Å². The van der Waals surface area contributed by atoms with Crippen molar-refractivity contribution in [3.8, 4) is 5.75 Å². The second-order valence-corrected chi connectivity index (χ2v) is 7.03. The molecule has 0 saturated heterocycles. The number of primary sulfonamides is 1. The number of nitrogens with two attached hydrogens (primary N) is 1. The first-order valence-electron chi connectivity index (χ1n) is 6.16. The summed E-state index contributed by atoms with van der Waals surface area (Å²) in [5.41, 5.74) is 1.46. The van der Waals surface area contributed by atoms with Crippen molar-refractivity contribution in [3.63, 3.8) is 0 Å². The van der Waals surface area contributed by atoms with Gasteiger partial charge in [0.15, 0.2) is 0 Å². The van der Waals surface area contributed by atoms with Crippen LogP contribution in [0.1, 0.15) is 18.5 Å². The molecule has 1 unspecified atom stereocenters. The minimum absolute atomic E-state index is 0.0372. The third-order valence-electron chi connectivity index (χ3n) is 3.04. The van der Waals surface area contributed by atoms with E-state index in [1.165, 1.54) is 12.1 Å². The van der Waals surface area contributed by atoms with E-state index >= 15 is 0 Å². The molecule has 0 heterocycles. The summed E-state index contributed by atoms with van der Waals surface area (Å²) < 4.78 is 23.2. The number of nitrogens with one attached hydrogen (secondary N) is 1. The lowest BCUT2D eigenvalue weighted by atomic mass is 10.1. The van der Waals surface area contributed by atoms with Gasteiger partial charge in [-0.3, -0.25) is 0 Å². The van der Waals surface area contributed by atoms with Gasteiger partial charge in [0.2, 0.25) is 10.0 Å². The zero-order valence-electron chi connectivity index (χ0n) is 11.2. The normalized spacial score (nSPS) is 12.9. The summed E-state index contributed by atoms with van der Waals surface area (Å²) in [5, 5.41) is 18.1. The molecule has 0 radical (unpaired) electrons. The third kappa shape index (κ3) is 3.75. The Morgan fingerprint density at radius 3 is 2.48 bits per heavy atom. The van der Waals surface area contributed by atoms with Crippen LogP contribution in [-0.2, 0) is 10.0 Å². The highest BCUT2D eigenvalue weighted by molar-refractivity contribution is 9.10. The fraction of sp³-hybridized carbons (Fsp3) is 0.143. The van der Waals surface area contributed by atoms with Gasteiger partial charge in [0.05, 0.1) is 10.9 Å². The Balaban J connectivity index is 2.27.